The molecule has 4 heteroatoms. The van der Waals surface area contributed by atoms with E-state index >= 15 is 0 Å². The summed E-state index contributed by atoms with van der Waals surface area (Å²) in [4.78, 5) is 0. The van der Waals surface area contributed by atoms with Gasteiger partial charge in [0.15, 0.2) is 0 Å². The first kappa shape index (κ1) is 17.4. The number of phenolic OH excluding ortho intramolecular Hbond substituents is 2. The van der Waals surface area contributed by atoms with Crippen molar-refractivity contribution in [2.24, 2.45) is 0 Å². The van der Waals surface area contributed by atoms with Crippen molar-refractivity contribution in [2.75, 3.05) is 0 Å². The lowest BCUT2D eigenvalue weighted by atomic mass is 9.91. The average molecular weight is 333 g/mol. The topological polar surface area (TPSA) is 60.7 Å². The molecule has 2 aromatic carbocycles. The molecule has 0 bridgehead atoms. The second-order valence-electron chi connectivity index (χ2n) is 6.23. The van der Waals surface area contributed by atoms with Crippen LogP contribution in [0.1, 0.15) is 30.5 Å². The number of hydrogen-bond donors (Lipinski definition) is 3. The van der Waals surface area contributed by atoms with E-state index in [-0.39, 0.29) is 11.5 Å². The smallest absolute Gasteiger partial charge is 0.131 e. The van der Waals surface area contributed by atoms with E-state index in [2.05, 4.69) is 0 Å². The van der Waals surface area contributed by atoms with Crippen LogP contribution in [0, 0.1) is 13.8 Å². The van der Waals surface area contributed by atoms with Crippen LogP contribution < -0.4 is 0 Å². The first-order chi connectivity index (χ1) is 10.6. The minimum Gasteiger partial charge on any atom is -0.507 e. The molecule has 0 radical (unpaired) electrons. The summed E-state index contributed by atoms with van der Waals surface area (Å²) in [5.41, 5.74) is 1.96. The highest BCUT2D eigenvalue weighted by molar-refractivity contribution is 6.30. The fraction of sp³-hybridized carbons (Fsp3) is 0.263. The van der Waals surface area contributed by atoms with Gasteiger partial charge in [-0.2, -0.15) is 0 Å². The molecule has 0 amide bonds. The minimum atomic E-state index is -1.01. The Morgan fingerprint density at radius 2 is 1.52 bits per heavy atom. The maximum absolute atomic E-state index is 10.7. The van der Waals surface area contributed by atoms with Crippen LogP contribution in [0.3, 0.4) is 0 Å². The zero-order chi connectivity index (χ0) is 17.4. The Hall–Kier alpha value is -1.97. The fourth-order valence-corrected chi connectivity index (χ4v) is 2.60. The van der Waals surface area contributed by atoms with Gasteiger partial charge in [0.05, 0.1) is 5.60 Å². The summed E-state index contributed by atoms with van der Waals surface area (Å²) in [5, 5.41) is 31.6. The Labute approximate surface area is 141 Å². The van der Waals surface area contributed by atoms with Crippen molar-refractivity contribution in [2.45, 2.75) is 33.3 Å². The summed E-state index contributed by atoms with van der Waals surface area (Å²) in [5.74, 6) is 0.198. The van der Waals surface area contributed by atoms with Crippen LogP contribution in [0.15, 0.2) is 30.3 Å². The molecule has 0 fully saturated rings. The number of aromatic hydroxyl groups is 2. The highest BCUT2D eigenvalue weighted by Crippen LogP contribution is 2.43. The van der Waals surface area contributed by atoms with Crippen molar-refractivity contribution in [1.82, 2.24) is 0 Å². The van der Waals surface area contributed by atoms with Gasteiger partial charge in [-0.25, -0.2) is 0 Å². The lowest BCUT2D eigenvalue weighted by Gasteiger charge is -2.17. The van der Waals surface area contributed by atoms with Gasteiger partial charge in [0, 0.05) is 27.3 Å². The van der Waals surface area contributed by atoms with E-state index in [1.165, 1.54) is 0 Å². The van der Waals surface area contributed by atoms with Crippen molar-refractivity contribution in [3.8, 4) is 22.6 Å². The standard InChI is InChI=1S/C19H21ClO3/c1-11-15(9-10-19(3,4)23)18(22)16(12(2)17(11)21)13-5-7-14(20)8-6-13/h5-10,21-23H,1-4H3. The molecule has 0 saturated carbocycles. The van der Waals surface area contributed by atoms with E-state index in [9.17, 15) is 15.3 Å². The molecule has 0 atom stereocenters. The highest BCUT2D eigenvalue weighted by atomic mass is 35.5. The molecular weight excluding hydrogens is 312 g/mol. The highest BCUT2D eigenvalue weighted by Gasteiger charge is 2.19. The van der Waals surface area contributed by atoms with Crippen LogP contribution in [-0.2, 0) is 0 Å². The molecule has 0 heterocycles. The Balaban J connectivity index is 2.71. The quantitative estimate of drug-likeness (QED) is 0.706. The van der Waals surface area contributed by atoms with Crippen LogP contribution >= 0.6 is 11.6 Å². The van der Waals surface area contributed by atoms with E-state index in [1.807, 2.05) is 0 Å². The Kier molecular flexibility index (Phi) is 4.73. The molecule has 3 N–H and O–H groups in total. The predicted octanol–water partition coefficient (Wildman–Crippen LogP) is 4.82. The normalized spacial score (nSPS) is 12.1. The largest absolute Gasteiger partial charge is 0.507 e. The predicted molar refractivity (Wildman–Crippen MR) is 95.0 cm³/mol. The zero-order valence-corrected chi connectivity index (χ0v) is 14.4. The number of benzene rings is 2. The van der Waals surface area contributed by atoms with E-state index in [0.29, 0.717) is 27.3 Å². The molecule has 0 unspecified atom stereocenters. The van der Waals surface area contributed by atoms with E-state index < -0.39 is 5.60 Å². The fourth-order valence-electron chi connectivity index (χ4n) is 2.48. The van der Waals surface area contributed by atoms with E-state index in [1.54, 1.807) is 64.1 Å². The molecule has 0 spiro atoms. The number of hydrogen-bond acceptors (Lipinski definition) is 3. The van der Waals surface area contributed by atoms with Crippen molar-refractivity contribution in [1.29, 1.82) is 0 Å². The summed E-state index contributed by atoms with van der Waals surface area (Å²) in [6.45, 7) is 6.78. The van der Waals surface area contributed by atoms with Gasteiger partial charge in [-0.3, -0.25) is 0 Å². The van der Waals surface area contributed by atoms with Gasteiger partial charge >= 0.3 is 0 Å². The van der Waals surface area contributed by atoms with E-state index in [0.717, 1.165) is 5.56 Å². The van der Waals surface area contributed by atoms with Crippen LogP contribution in [0.4, 0.5) is 0 Å². The minimum absolute atomic E-state index is 0.0700. The van der Waals surface area contributed by atoms with Crippen LogP contribution in [0.5, 0.6) is 11.5 Å². The average Bonchev–Trinajstić information content (AvgIpc) is 2.46. The van der Waals surface area contributed by atoms with Gasteiger partial charge in [-0.05, 0) is 45.4 Å². The molecule has 23 heavy (non-hydrogen) atoms. The van der Waals surface area contributed by atoms with Crippen molar-refractivity contribution in [3.63, 3.8) is 0 Å². The Morgan fingerprint density at radius 3 is 2.04 bits per heavy atom. The summed E-state index contributed by atoms with van der Waals surface area (Å²) < 4.78 is 0. The van der Waals surface area contributed by atoms with Crippen molar-refractivity contribution < 1.29 is 15.3 Å². The summed E-state index contributed by atoms with van der Waals surface area (Å²) in [7, 11) is 0. The Bertz CT molecular complexity index is 754. The SMILES string of the molecule is Cc1c(O)c(C)c(-c2ccc(Cl)cc2)c(O)c1C=CC(C)(C)O. The summed E-state index contributed by atoms with van der Waals surface area (Å²) in [6, 6.07) is 7.06. The third kappa shape index (κ3) is 3.69. The first-order valence-electron chi connectivity index (χ1n) is 7.34. The van der Waals surface area contributed by atoms with Gasteiger partial charge < -0.3 is 15.3 Å². The molecule has 0 aliphatic rings. The van der Waals surface area contributed by atoms with Crippen LogP contribution in [-0.4, -0.2) is 20.9 Å². The molecular formula is C19H21ClO3. The molecule has 2 aromatic rings. The molecule has 0 aromatic heterocycles. The molecule has 0 saturated heterocycles. The lowest BCUT2D eigenvalue weighted by molar-refractivity contribution is 0.134. The van der Waals surface area contributed by atoms with Gasteiger partial charge in [-0.1, -0.05) is 35.9 Å². The van der Waals surface area contributed by atoms with Crippen LogP contribution in [0.25, 0.3) is 17.2 Å². The van der Waals surface area contributed by atoms with E-state index in [4.69, 9.17) is 11.6 Å². The number of phenols is 2. The van der Waals surface area contributed by atoms with Crippen molar-refractivity contribution >= 4 is 17.7 Å². The maximum atomic E-state index is 10.7. The molecule has 0 aliphatic heterocycles. The third-order valence-electron chi connectivity index (χ3n) is 3.77. The molecule has 0 aliphatic carbocycles. The summed E-state index contributed by atoms with van der Waals surface area (Å²) in [6.07, 6.45) is 3.21. The third-order valence-corrected chi connectivity index (χ3v) is 4.02. The lowest BCUT2D eigenvalue weighted by Crippen LogP contribution is -2.13. The number of aliphatic hydroxyl groups is 1. The second-order valence-corrected chi connectivity index (χ2v) is 6.67. The molecule has 122 valence electrons. The summed E-state index contributed by atoms with van der Waals surface area (Å²) >= 11 is 5.92. The van der Waals surface area contributed by atoms with Crippen LogP contribution in [0.2, 0.25) is 5.02 Å². The number of halogens is 1. The first-order valence-corrected chi connectivity index (χ1v) is 7.72. The van der Waals surface area contributed by atoms with Gasteiger partial charge in [0.2, 0.25) is 0 Å². The van der Waals surface area contributed by atoms with Crippen molar-refractivity contribution in [3.05, 3.63) is 52.1 Å². The second kappa shape index (κ2) is 6.26. The Morgan fingerprint density at radius 1 is 0.957 bits per heavy atom. The zero-order valence-electron chi connectivity index (χ0n) is 13.7. The number of rotatable bonds is 3. The maximum Gasteiger partial charge on any atom is 0.131 e. The van der Waals surface area contributed by atoms with Gasteiger partial charge in [0.25, 0.3) is 0 Å². The van der Waals surface area contributed by atoms with Gasteiger partial charge in [-0.15, -0.1) is 0 Å². The molecule has 3 nitrogen and oxygen atoms in total. The van der Waals surface area contributed by atoms with Gasteiger partial charge in [0.1, 0.15) is 11.5 Å². The molecule has 2 rings (SSSR count). The monoisotopic (exact) mass is 332 g/mol.